The van der Waals surface area contributed by atoms with Gasteiger partial charge >= 0.3 is 6.18 Å². The average Bonchev–Trinajstić information content (AvgIpc) is 2.84. The predicted molar refractivity (Wildman–Crippen MR) is 129 cm³/mol. The molecule has 2 aliphatic rings. The first kappa shape index (κ1) is 26.3. The number of rotatable bonds is 6. The minimum atomic E-state index is -4.31. The predicted octanol–water partition coefficient (Wildman–Crippen LogP) is 5.09. The fraction of sp³-hybridized carbons (Fsp3) is 0.519. The highest BCUT2D eigenvalue weighted by Crippen LogP contribution is 2.39. The van der Waals surface area contributed by atoms with Crippen molar-refractivity contribution in [2.24, 2.45) is 0 Å². The van der Waals surface area contributed by atoms with Gasteiger partial charge in [-0.15, -0.1) is 0 Å². The van der Waals surface area contributed by atoms with Crippen LogP contribution in [0.4, 0.5) is 13.2 Å². The molecule has 2 fully saturated rings. The summed E-state index contributed by atoms with van der Waals surface area (Å²) < 4.78 is 57.7. The molecule has 0 radical (unpaired) electrons. The summed E-state index contributed by atoms with van der Waals surface area (Å²) in [7, 11) is 1.53. The number of carbonyl (C=O) groups is 1. The van der Waals surface area contributed by atoms with Crippen LogP contribution in [-0.2, 0) is 4.74 Å². The Labute approximate surface area is 209 Å². The van der Waals surface area contributed by atoms with Crippen molar-refractivity contribution in [3.8, 4) is 11.5 Å². The Bertz CT molecular complexity index is 1040. The van der Waals surface area contributed by atoms with E-state index in [0.29, 0.717) is 43.0 Å². The smallest absolute Gasteiger partial charge is 0.401 e. The SMILES string of the molecule is COc1cc(C(=O)N2CCC3(CC2)CN(CC(F)(F)F)C(c2ccccc2)CO3)ccc1OC(C)C. The van der Waals surface area contributed by atoms with Gasteiger partial charge in [-0.2, -0.15) is 13.2 Å². The Hall–Kier alpha value is -2.78. The number of benzene rings is 2. The van der Waals surface area contributed by atoms with E-state index >= 15 is 0 Å². The van der Waals surface area contributed by atoms with Crippen molar-refractivity contribution in [1.82, 2.24) is 9.80 Å². The number of methoxy groups -OCH3 is 1. The summed E-state index contributed by atoms with van der Waals surface area (Å²) in [5.41, 5.74) is 0.578. The first-order valence-electron chi connectivity index (χ1n) is 12.2. The Balaban J connectivity index is 1.44. The molecular weight excluding hydrogens is 473 g/mol. The number of hydrogen-bond acceptors (Lipinski definition) is 5. The molecule has 0 aliphatic carbocycles. The van der Waals surface area contributed by atoms with Crippen molar-refractivity contribution in [3.63, 3.8) is 0 Å². The third kappa shape index (κ3) is 6.13. The Morgan fingerprint density at radius 2 is 1.81 bits per heavy atom. The van der Waals surface area contributed by atoms with Crippen LogP contribution < -0.4 is 9.47 Å². The maximum absolute atomic E-state index is 13.4. The number of alkyl halides is 3. The highest BCUT2D eigenvalue weighted by atomic mass is 19.4. The fourth-order valence-corrected chi connectivity index (χ4v) is 5.02. The molecule has 1 spiro atoms. The molecule has 1 unspecified atom stereocenters. The molecule has 2 saturated heterocycles. The van der Waals surface area contributed by atoms with Gasteiger partial charge in [-0.05, 0) is 50.5 Å². The molecular formula is C27H33F3N2O4. The van der Waals surface area contributed by atoms with Crippen LogP contribution in [-0.4, -0.2) is 73.5 Å². The second kappa shape index (κ2) is 10.7. The molecule has 9 heteroatoms. The van der Waals surface area contributed by atoms with Gasteiger partial charge in [0.15, 0.2) is 11.5 Å². The third-order valence-electron chi connectivity index (χ3n) is 6.78. The fourth-order valence-electron chi connectivity index (χ4n) is 5.02. The number of carbonyl (C=O) groups excluding carboxylic acids is 1. The van der Waals surface area contributed by atoms with Gasteiger partial charge in [-0.3, -0.25) is 9.69 Å². The van der Waals surface area contributed by atoms with E-state index in [4.69, 9.17) is 14.2 Å². The summed E-state index contributed by atoms with van der Waals surface area (Å²) in [5, 5.41) is 0. The molecule has 1 amide bonds. The summed E-state index contributed by atoms with van der Waals surface area (Å²) in [5.74, 6) is 0.896. The van der Waals surface area contributed by atoms with Crippen molar-refractivity contribution >= 4 is 5.91 Å². The van der Waals surface area contributed by atoms with E-state index in [1.54, 1.807) is 23.1 Å². The number of morpholine rings is 1. The first-order chi connectivity index (χ1) is 17.1. The lowest BCUT2D eigenvalue weighted by Gasteiger charge is -2.50. The molecule has 2 aromatic carbocycles. The molecule has 4 rings (SSSR count). The zero-order chi connectivity index (χ0) is 25.9. The summed E-state index contributed by atoms with van der Waals surface area (Å²) in [6.07, 6.45) is -3.40. The average molecular weight is 507 g/mol. The number of hydrogen-bond donors (Lipinski definition) is 0. The standard InChI is InChI=1S/C27H33F3N2O4/c1-19(2)36-23-10-9-21(15-24(23)34-3)25(33)31-13-11-26(12-14-31)17-32(18-27(28,29)30)22(16-35-26)20-7-5-4-6-8-20/h4-10,15,19,22H,11-14,16-18H2,1-3H3. The number of likely N-dealkylation sites (tertiary alicyclic amines) is 1. The summed E-state index contributed by atoms with van der Waals surface area (Å²) in [6.45, 7) is 3.99. The zero-order valence-electron chi connectivity index (χ0n) is 20.9. The summed E-state index contributed by atoms with van der Waals surface area (Å²) in [6, 6.07) is 13.8. The van der Waals surface area contributed by atoms with Crippen molar-refractivity contribution < 1.29 is 32.2 Å². The largest absolute Gasteiger partial charge is 0.493 e. The van der Waals surface area contributed by atoms with Crippen molar-refractivity contribution in [2.45, 2.75) is 50.6 Å². The van der Waals surface area contributed by atoms with Crippen molar-refractivity contribution in [1.29, 1.82) is 0 Å². The van der Waals surface area contributed by atoms with E-state index in [1.165, 1.54) is 12.0 Å². The van der Waals surface area contributed by atoms with E-state index in [-0.39, 0.29) is 25.2 Å². The quantitative estimate of drug-likeness (QED) is 0.546. The molecule has 6 nitrogen and oxygen atoms in total. The molecule has 2 heterocycles. The molecule has 2 aliphatic heterocycles. The maximum Gasteiger partial charge on any atom is 0.401 e. The number of piperidine rings is 1. The van der Waals surface area contributed by atoms with Gasteiger partial charge in [0.25, 0.3) is 5.91 Å². The van der Waals surface area contributed by atoms with Gasteiger partial charge in [0.05, 0.1) is 38.0 Å². The maximum atomic E-state index is 13.4. The van der Waals surface area contributed by atoms with Crippen LogP contribution in [0.5, 0.6) is 11.5 Å². The van der Waals surface area contributed by atoms with Crippen LogP contribution in [0.1, 0.15) is 48.7 Å². The van der Waals surface area contributed by atoms with E-state index in [0.717, 1.165) is 5.56 Å². The Kier molecular flexibility index (Phi) is 7.80. The van der Waals surface area contributed by atoms with E-state index in [2.05, 4.69) is 0 Å². The van der Waals surface area contributed by atoms with Gasteiger partial charge in [0.1, 0.15) is 0 Å². The Morgan fingerprint density at radius 3 is 2.42 bits per heavy atom. The van der Waals surface area contributed by atoms with Gasteiger partial charge in [0, 0.05) is 25.2 Å². The van der Waals surface area contributed by atoms with Gasteiger partial charge in [-0.25, -0.2) is 0 Å². The lowest BCUT2D eigenvalue weighted by atomic mass is 9.87. The summed E-state index contributed by atoms with van der Waals surface area (Å²) >= 11 is 0. The van der Waals surface area contributed by atoms with Crippen molar-refractivity contribution in [2.75, 3.05) is 39.9 Å². The molecule has 2 aromatic rings. The van der Waals surface area contributed by atoms with Crippen LogP contribution in [0.2, 0.25) is 0 Å². The van der Waals surface area contributed by atoms with Crippen LogP contribution in [0.3, 0.4) is 0 Å². The number of ether oxygens (including phenoxy) is 3. The Morgan fingerprint density at radius 1 is 1.11 bits per heavy atom. The monoisotopic (exact) mass is 506 g/mol. The molecule has 196 valence electrons. The highest BCUT2D eigenvalue weighted by Gasteiger charge is 2.46. The molecule has 0 N–H and O–H groups in total. The normalized spacial score (nSPS) is 20.5. The molecule has 1 atom stereocenters. The van der Waals surface area contributed by atoms with E-state index < -0.39 is 24.4 Å². The molecule has 36 heavy (non-hydrogen) atoms. The molecule has 0 bridgehead atoms. The first-order valence-corrected chi connectivity index (χ1v) is 12.2. The van der Waals surface area contributed by atoms with Crippen molar-refractivity contribution in [3.05, 3.63) is 59.7 Å². The summed E-state index contributed by atoms with van der Waals surface area (Å²) in [4.78, 5) is 16.4. The second-order valence-corrected chi connectivity index (χ2v) is 9.77. The highest BCUT2D eigenvalue weighted by molar-refractivity contribution is 5.95. The second-order valence-electron chi connectivity index (χ2n) is 9.77. The van der Waals surface area contributed by atoms with Gasteiger partial charge in [0.2, 0.25) is 0 Å². The molecule has 0 aromatic heterocycles. The third-order valence-corrected chi connectivity index (χ3v) is 6.78. The van der Waals surface area contributed by atoms with Crippen LogP contribution >= 0.6 is 0 Å². The number of halogens is 3. The van der Waals surface area contributed by atoms with Gasteiger partial charge in [-0.1, -0.05) is 30.3 Å². The number of amides is 1. The lowest BCUT2D eigenvalue weighted by molar-refractivity contribution is -0.199. The van der Waals surface area contributed by atoms with Gasteiger partial charge < -0.3 is 19.1 Å². The van der Waals surface area contributed by atoms with Crippen LogP contribution in [0.15, 0.2) is 48.5 Å². The lowest BCUT2D eigenvalue weighted by Crippen LogP contribution is -2.59. The topological polar surface area (TPSA) is 51.2 Å². The zero-order valence-corrected chi connectivity index (χ0v) is 20.9. The minimum Gasteiger partial charge on any atom is -0.493 e. The van der Waals surface area contributed by atoms with E-state index in [1.807, 2.05) is 44.2 Å². The molecule has 0 saturated carbocycles. The van der Waals surface area contributed by atoms with Crippen LogP contribution in [0, 0.1) is 0 Å². The minimum absolute atomic E-state index is 0.0346. The van der Waals surface area contributed by atoms with E-state index in [9.17, 15) is 18.0 Å². The number of nitrogens with zero attached hydrogens (tertiary/aromatic N) is 2. The van der Waals surface area contributed by atoms with Crippen LogP contribution in [0.25, 0.3) is 0 Å².